The number of rotatable bonds is 2. The van der Waals surface area contributed by atoms with Crippen molar-refractivity contribution in [2.24, 2.45) is 0 Å². The van der Waals surface area contributed by atoms with Crippen LogP contribution >= 0.6 is 11.6 Å². The summed E-state index contributed by atoms with van der Waals surface area (Å²) in [4.78, 5) is 4.26. The lowest BCUT2D eigenvalue weighted by Crippen LogP contribution is -2.07. The normalized spacial score (nSPS) is 10.5. The van der Waals surface area contributed by atoms with Crippen LogP contribution in [0.5, 0.6) is 0 Å². The molecule has 4 nitrogen and oxygen atoms in total. The van der Waals surface area contributed by atoms with Gasteiger partial charge in [0.2, 0.25) is 0 Å². The van der Waals surface area contributed by atoms with E-state index in [0.29, 0.717) is 17.4 Å². The van der Waals surface area contributed by atoms with Crippen molar-refractivity contribution in [3.05, 3.63) is 40.8 Å². The van der Waals surface area contributed by atoms with E-state index in [4.69, 9.17) is 17.3 Å². The number of nitrogens with zero attached hydrogens (tertiary/aromatic N) is 3. The highest BCUT2D eigenvalue weighted by Crippen LogP contribution is 2.17. The van der Waals surface area contributed by atoms with Gasteiger partial charge in [0.15, 0.2) is 0 Å². The summed E-state index contributed by atoms with van der Waals surface area (Å²) >= 11 is 5.79. The number of aromatic nitrogens is 3. The van der Waals surface area contributed by atoms with Gasteiger partial charge in [-0.3, -0.25) is 4.98 Å². The fourth-order valence-corrected chi connectivity index (χ4v) is 1.38. The molecule has 0 radical (unpaired) electrons. The molecule has 0 unspecified atom stereocenters. The Labute approximate surface area is 92.7 Å². The van der Waals surface area contributed by atoms with Gasteiger partial charge in [-0.1, -0.05) is 17.7 Å². The van der Waals surface area contributed by atoms with Gasteiger partial charge in [0.25, 0.3) is 0 Å². The van der Waals surface area contributed by atoms with Gasteiger partial charge in [0.1, 0.15) is 10.8 Å². The smallest absolute Gasteiger partial charge is 0.141 e. The van der Waals surface area contributed by atoms with E-state index in [-0.39, 0.29) is 0 Å². The molecule has 0 atom stereocenters. The largest absolute Gasteiger partial charge is 0.383 e. The summed E-state index contributed by atoms with van der Waals surface area (Å²) in [6.07, 6.45) is 3.35. The van der Waals surface area contributed by atoms with Crippen molar-refractivity contribution >= 4 is 17.4 Å². The molecular weight excluding hydrogens is 212 g/mol. The van der Waals surface area contributed by atoms with Crippen LogP contribution in [0, 0.1) is 6.92 Å². The predicted octanol–water partition coefficient (Wildman–Crippen LogP) is 1.87. The van der Waals surface area contributed by atoms with Crippen LogP contribution in [0.4, 0.5) is 5.82 Å². The minimum atomic E-state index is 0.471. The van der Waals surface area contributed by atoms with Gasteiger partial charge in [-0.15, -0.1) is 0 Å². The molecule has 0 aromatic carbocycles. The molecule has 0 aliphatic heterocycles. The molecule has 0 saturated heterocycles. The van der Waals surface area contributed by atoms with Crippen molar-refractivity contribution in [3.63, 3.8) is 0 Å². The second-order valence-electron chi connectivity index (χ2n) is 3.36. The maximum atomic E-state index is 5.79. The minimum Gasteiger partial charge on any atom is -0.383 e. The second kappa shape index (κ2) is 3.90. The Morgan fingerprint density at radius 3 is 2.73 bits per heavy atom. The molecule has 15 heavy (non-hydrogen) atoms. The number of aryl methyl sites for hydroxylation is 1. The van der Waals surface area contributed by atoms with Gasteiger partial charge in [0, 0.05) is 6.20 Å². The van der Waals surface area contributed by atoms with Crippen molar-refractivity contribution in [3.8, 4) is 0 Å². The highest BCUT2D eigenvalue weighted by Gasteiger charge is 2.05. The van der Waals surface area contributed by atoms with Crippen LogP contribution in [0.25, 0.3) is 0 Å². The molecule has 2 aromatic heterocycles. The second-order valence-corrected chi connectivity index (χ2v) is 3.77. The average molecular weight is 223 g/mol. The summed E-state index contributed by atoms with van der Waals surface area (Å²) in [5.74, 6) is 0.471. The Morgan fingerprint density at radius 2 is 2.20 bits per heavy atom. The maximum absolute atomic E-state index is 5.79. The standard InChI is InChI=1S/C10H11ClN4/c1-7-2-3-8(13-4-7)6-15-10(12)9(11)5-14-15/h2-5H,6,12H2,1H3. The number of hydrogen-bond donors (Lipinski definition) is 1. The molecule has 2 rings (SSSR count). The summed E-state index contributed by atoms with van der Waals surface area (Å²) in [6.45, 7) is 2.54. The fourth-order valence-electron chi connectivity index (χ4n) is 1.24. The van der Waals surface area contributed by atoms with Gasteiger partial charge in [-0.05, 0) is 18.6 Å². The van der Waals surface area contributed by atoms with E-state index in [9.17, 15) is 0 Å². The zero-order valence-electron chi connectivity index (χ0n) is 8.31. The number of pyridine rings is 1. The van der Waals surface area contributed by atoms with Crippen LogP contribution in [0.1, 0.15) is 11.3 Å². The first-order valence-electron chi connectivity index (χ1n) is 4.55. The molecule has 2 N–H and O–H groups in total. The highest BCUT2D eigenvalue weighted by atomic mass is 35.5. The van der Waals surface area contributed by atoms with E-state index < -0.39 is 0 Å². The van der Waals surface area contributed by atoms with Gasteiger partial charge in [-0.2, -0.15) is 5.10 Å². The minimum absolute atomic E-state index is 0.471. The monoisotopic (exact) mass is 222 g/mol. The topological polar surface area (TPSA) is 56.7 Å². The molecule has 5 heteroatoms. The first-order valence-corrected chi connectivity index (χ1v) is 4.93. The van der Waals surface area contributed by atoms with Crippen LogP contribution < -0.4 is 5.73 Å². The van der Waals surface area contributed by atoms with Crippen molar-refractivity contribution in [1.82, 2.24) is 14.8 Å². The lowest BCUT2D eigenvalue weighted by molar-refractivity contribution is 0.682. The predicted molar refractivity (Wildman–Crippen MR) is 59.7 cm³/mol. The Morgan fingerprint density at radius 1 is 1.40 bits per heavy atom. The number of halogens is 1. The first-order chi connectivity index (χ1) is 7.16. The molecule has 2 aromatic rings. The van der Waals surface area contributed by atoms with E-state index in [1.807, 2.05) is 25.3 Å². The molecule has 78 valence electrons. The van der Waals surface area contributed by atoms with Gasteiger partial charge in [-0.25, -0.2) is 4.68 Å². The van der Waals surface area contributed by atoms with Gasteiger partial charge >= 0.3 is 0 Å². The summed E-state index contributed by atoms with van der Waals surface area (Å²) < 4.78 is 1.62. The Kier molecular flexibility index (Phi) is 2.60. The lowest BCUT2D eigenvalue weighted by Gasteiger charge is -2.03. The van der Waals surface area contributed by atoms with E-state index in [0.717, 1.165) is 11.3 Å². The number of nitrogens with two attached hydrogens (primary N) is 1. The Hall–Kier alpha value is -1.55. The van der Waals surface area contributed by atoms with Crippen LogP contribution in [-0.4, -0.2) is 14.8 Å². The average Bonchev–Trinajstić information content (AvgIpc) is 2.53. The molecule has 0 spiro atoms. The molecule has 0 fully saturated rings. The van der Waals surface area contributed by atoms with Crippen molar-refractivity contribution in [2.75, 3.05) is 5.73 Å². The highest BCUT2D eigenvalue weighted by molar-refractivity contribution is 6.32. The maximum Gasteiger partial charge on any atom is 0.141 e. The summed E-state index contributed by atoms with van der Waals surface area (Å²) in [7, 11) is 0. The third-order valence-electron chi connectivity index (χ3n) is 2.12. The lowest BCUT2D eigenvalue weighted by atomic mass is 10.3. The zero-order chi connectivity index (χ0) is 10.8. The third kappa shape index (κ3) is 2.10. The number of hydrogen-bond acceptors (Lipinski definition) is 3. The molecule has 0 bridgehead atoms. The van der Waals surface area contributed by atoms with E-state index in [1.165, 1.54) is 6.20 Å². The van der Waals surface area contributed by atoms with Crippen molar-refractivity contribution < 1.29 is 0 Å². The van der Waals surface area contributed by atoms with Crippen molar-refractivity contribution in [1.29, 1.82) is 0 Å². The van der Waals surface area contributed by atoms with Crippen LogP contribution in [0.15, 0.2) is 24.5 Å². The number of nitrogen functional groups attached to an aromatic ring is 1. The van der Waals surface area contributed by atoms with E-state index in [1.54, 1.807) is 4.68 Å². The van der Waals surface area contributed by atoms with Crippen LogP contribution in [0.2, 0.25) is 5.02 Å². The zero-order valence-corrected chi connectivity index (χ0v) is 9.07. The molecule has 0 saturated carbocycles. The van der Waals surface area contributed by atoms with E-state index in [2.05, 4.69) is 10.1 Å². The molecular formula is C10H11ClN4. The summed E-state index contributed by atoms with van der Waals surface area (Å²) in [6, 6.07) is 3.95. The molecule has 0 aliphatic carbocycles. The van der Waals surface area contributed by atoms with E-state index >= 15 is 0 Å². The van der Waals surface area contributed by atoms with Crippen molar-refractivity contribution in [2.45, 2.75) is 13.5 Å². The molecule has 0 amide bonds. The van der Waals surface area contributed by atoms with Gasteiger partial charge in [0.05, 0.1) is 18.4 Å². The SMILES string of the molecule is Cc1ccc(Cn2ncc(Cl)c2N)nc1. The molecule has 0 aliphatic rings. The summed E-state index contributed by atoms with van der Waals surface area (Å²) in [5.41, 5.74) is 7.76. The Balaban J connectivity index is 2.22. The number of anilines is 1. The van der Waals surface area contributed by atoms with Crippen LogP contribution in [0.3, 0.4) is 0 Å². The Bertz CT molecular complexity index is 461. The fraction of sp³-hybridized carbons (Fsp3) is 0.200. The first kappa shape index (κ1) is 9.98. The van der Waals surface area contributed by atoms with Gasteiger partial charge < -0.3 is 5.73 Å². The summed E-state index contributed by atoms with van der Waals surface area (Å²) in [5, 5.41) is 4.53. The third-order valence-corrected chi connectivity index (χ3v) is 2.41. The van der Waals surface area contributed by atoms with Crippen LogP contribution in [-0.2, 0) is 6.54 Å². The quantitative estimate of drug-likeness (QED) is 0.844. The molecule has 2 heterocycles.